The minimum absolute atomic E-state index is 0.157. The van der Waals surface area contributed by atoms with Gasteiger partial charge >= 0.3 is 0 Å². The maximum atomic E-state index is 12.4. The van der Waals surface area contributed by atoms with Crippen LogP contribution in [0.5, 0.6) is 0 Å². The Balaban J connectivity index is 2.23. The lowest BCUT2D eigenvalue weighted by molar-refractivity contribution is 0.0915. The van der Waals surface area contributed by atoms with E-state index in [0.717, 1.165) is 16.7 Å². The zero-order chi connectivity index (χ0) is 15.4. The van der Waals surface area contributed by atoms with E-state index in [-0.39, 0.29) is 12.5 Å². The number of nitrogens with two attached hydrogens (primary N) is 1. The van der Waals surface area contributed by atoms with Crippen LogP contribution >= 0.6 is 0 Å². The molecule has 0 spiro atoms. The minimum atomic E-state index is -0.430. The first-order valence-electron chi connectivity index (χ1n) is 6.86. The Labute approximate surface area is 124 Å². The first-order valence-corrected chi connectivity index (χ1v) is 6.86. The number of hydrogen-bond acceptors (Lipinski definition) is 3. The molecular formula is C17H20N2O2. The molecule has 0 aromatic heterocycles. The van der Waals surface area contributed by atoms with Crippen molar-refractivity contribution < 1.29 is 9.90 Å². The summed E-state index contributed by atoms with van der Waals surface area (Å²) in [6.07, 6.45) is 0. The molecule has 110 valence electrons. The average molecular weight is 284 g/mol. The molecule has 0 heterocycles. The molecule has 4 nitrogen and oxygen atoms in total. The van der Waals surface area contributed by atoms with Crippen molar-refractivity contribution in [2.45, 2.75) is 19.9 Å². The van der Waals surface area contributed by atoms with Gasteiger partial charge < -0.3 is 16.2 Å². The minimum Gasteiger partial charge on any atom is -0.398 e. The fourth-order valence-electron chi connectivity index (χ4n) is 2.27. The van der Waals surface area contributed by atoms with Gasteiger partial charge in [0.15, 0.2) is 0 Å². The molecule has 2 aromatic carbocycles. The highest BCUT2D eigenvalue weighted by molar-refractivity contribution is 5.97. The number of rotatable bonds is 4. The molecule has 1 atom stereocenters. The highest BCUT2D eigenvalue weighted by Gasteiger charge is 2.17. The SMILES string of the molecule is Cc1cc(C)c(C(=O)N[C@@H](CO)c2ccccc2)cc1N. The van der Waals surface area contributed by atoms with Crippen molar-refractivity contribution in [2.75, 3.05) is 12.3 Å². The van der Waals surface area contributed by atoms with E-state index in [1.54, 1.807) is 6.07 Å². The van der Waals surface area contributed by atoms with Gasteiger partial charge in [0.25, 0.3) is 5.91 Å². The first-order chi connectivity index (χ1) is 10.0. The molecule has 4 heteroatoms. The molecule has 0 saturated carbocycles. The number of carbonyl (C=O) groups excluding carboxylic acids is 1. The molecular weight excluding hydrogens is 264 g/mol. The Hall–Kier alpha value is -2.33. The monoisotopic (exact) mass is 284 g/mol. The molecule has 2 rings (SSSR count). The molecule has 0 saturated heterocycles. The second-order valence-corrected chi connectivity index (χ2v) is 5.14. The Kier molecular flexibility index (Phi) is 4.60. The molecule has 2 aromatic rings. The van der Waals surface area contributed by atoms with Gasteiger partial charge in [0.05, 0.1) is 12.6 Å². The van der Waals surface area contributed by atoms with Crippen LogP contribution in [-0.2, 0) is 0 Å². The number of benzene rings is 2. The van der Waals surface area contributed by atoms with Crippen molar-refractivity contribution in [3.05, 3.63) is 64.7 Å². The smallest absolute Gasteiger partial charge is 0.252 e. The molecule has 0 aliphatic carbocycles. The molecule has 0 aliphatic rings. The normalized spacial score (nSPS) is 12.0. The molecule has 0 radical (unpaired) electrons. The van der Waals surface area contributed by atoms with Crippen LogP contribution in [0.4, 0.5) is 5.69 Å². The van der Waals surface area contributed by atoms with Gasteiger partial charge in [0.2, 0.25) is 0 Å². The summed E-state index contributed by atoms with van der Waals surface area (Å²) in [6, 6.07) is 12.5. The number of aliphatic hydroxyl groups excluding tert-OH is 1. The van der Waals surface area contributed by atoms with Crippen LogP contribution in [0.3, 0.4) is 0 Å². The van der Waals surface area contributed by atoms with E-state index < -0.39 is 6.04 Å². The summed E-state index contributed by atoms with van der Waals surface area (Å²) in [5, 5.41) is 12.3. The number of carbonyl (C=O) groups is 1. The van der Waals surface area contributed by atoms with Crippen LogP contribution < -0.4 is 11.1 Å². The van der Waals surface area contributed by atoms with Crippen LogP contribution in [-0.4, -0.2) is 17.6 Å². The van der Waals surface area contributed by atoms with E-state index in [1.807, 2.05) is 50.2 Å². The van der Waals surface area contributed by atoms with Gasteiger partial charge in [-0.2, -0.15) is 0 Å². The van der Waals surface area contributed by atoms with E-state index in [9.17, 15) is 9.90 Å². The fraction of sp³-hybridized carbons (Fsp3) is 0.235. The molecule has 0 unspecified atom stereocenters. The Morgan fingerprint density at radius 3 is 2.48 bits per heavy atom. The summed E-state index contributed by atoms with van der Waals surface area (Å²) in [5.41, 5.74) is 9.68. The zero-order valence-electron chi connectivity index (χ0n) is 12.3. The summed E-state index contributed by atoms with van der Waals surface area (Å²) in [7, 11) is 0. The molecule has 0 aliphatic heterocycles. The number of aryl methyl sites for hydroxylation is 2. The third kappa shape index (κ3) is 3.41. The third-order valence-corrected chi connectivity index (χ3v) is 3.55. The van der Waals surface area contributed by atoms with Crippen molar-refractivity contribution in [1.29, 1.82) is 0 Å². The maximum absolute atomic E-state index is 12.4. The van der Waals surface area contributed by atoms with E-state index in [2.05, 4.69) is 5.32 Å². The second kappa shape index (κ2) is 6.41. The lowest BCUT2D eigenvalue weighted by Crippen LogP contribution is -2.31. The number of anilines is 1. The quantitative estimate of drug-likeness (QED) is 0.754. The van der Waals surface area contributed by atoms with Gasteiger partial charge in [-0.25, -0.2) is 0 Å². The lowest BCUT2D eigenvalue weighted by Gasteiger charge is -2.18. The number of nitrogens with one attached hydrogen (secondary N) is 1. The summed E-state index contributed by atoms with van der Waals surface area (Å²) in [5.74, 6) is -0.234. The average Bonchev–Trinajstić information content (AvgIpc) is 2.49. The topological polar surface area (TPSA) is 75.3 Å². The van der Waals surface area contributed by atoms with Gasteiger partial charge in [-0.1, -0.05) is 36.4 Å². The molecule has 1 amide bonds. The predicted octanol–water partition coefficient (Wildman–Crippen LogP) is 2.35. The van der Waals surface area contributed by atoms with Crippen molar-refractivity contribution in [2.24, 2.45) is 0 Å². The molecule has 0 fully saturated rings. The van der Waals surface area contributed by atoms with Gasteiger partial charge in [0.1, 0.15) is 0 Å². The van der Waals surface area contributed by atoms with E-state index in [4.69, 9.17) is 5.73 Å². The van der Waals surface area contributed by atoms with E-state index in [0.29, 0.717) is 11.3 Å². The van der Waals surface area contributed by atoms with E-state index >= 15 is 0 Å². The van der Waals surface area contributed by atoms with Crippen LogP contribution in [0, 0.1) is 13.8 Å². The molecule has 21 heavy (non-hydrogen) atoms. The number of hydrogen-bond donors (Lipinski definition) is 3. The Bertz CT molecular complexity index is 639. The highest BCUT2D eigenvalue weighted by atomic mass is 16.3. The summed E-state index contributed by atoms with van der Waals surface area (Å²) in [4.78, 5) is 12.4. The standard InChI is InChI=1S/C17H20N2O2/c1-11-8-12(2)15(18)9-14(11)17(21)19-16(10-20)13-6-4-3-5-7-13/h3-9,16,20H,10,18H2,1-2H3,(H,19,21)/t16-/m0/s1. The summed E-state index contributed by atoms with van der Waals surface area (Å²) < 4.78 is 0. The Morgan fingerprint density at radius 1 is 1.19 bits per heavy atom. The molecule has 0 bridgehead atoms. The van der Waals surface area contributed by atoms with Crippen LogP contribution in [0.2, 0.25) is 0 Å². The predicted molar refractivity (Wildman–Crippen MR) is 84.1 cm³/mol. The van der Waals surface area contributed by atoms with E-state index in [1.165, 1.54) is 0 Å². The van der Waals surface area contributed by atoms with Crippen molar-refractivity contribution in [1.82, 2.24) is 5.32 Å². The number of nitrogen functional groups attached to an aromatic ring is 1. The number of aliphatic hydroxyl groups is 1. The fourth-order valence-corrected chi connectivity index (χ4v) is 2.27. The lowest BCUT2D eigenvalue weighted by atomic mass is 10.0. The van der Waals surface area contributed by atoms with Crippen LogP contribution in [0.1, 0.15) is 33.1 Å². The largest absolute Gasteiger partial charge is 0.398 e. The van der Waals surface area contributed by atoms with Crippen LogP contribution in [0.25, 0.3) is 0 Å². The third-order valence-electron chi connectivity index (χ3n) is 3.55. The van der Waals surface area contributed by atoms with Crippen molar-refractivity contribution in [3.8, 4) is 0 Å². The number of amides is 1. The molecule has 4 N–H and O–H groups in total. The second-order valence-electron chi connectivity index (χ2n) is 5.14. The van der Waals surface area contributed by atoms with Gasteiger partial charge in [-0.15, -0.1) is 0 Å². The summed E-state index contributed by atoms with van der Waals surface area (Å²) in [6.45, 7) is 3.62. The van der Waals surface area contributed by atoms with Gasteiger partial charge in [-0.3, -0.25) is 4.79 Å². The van der Waals surface area contributed by atoms with Crippen molar-refractivity contribution in [3.63, 3.8) is 0 Å². The zero-order valence-corrected chi connectivity index (χ0v) is 12.3. The Morgan fingerprint density at radius 2 is 1.86 bits per heavy atom. The van der Waals surface area contributed by atoms with Gasteiger partial charge in [0, 0.05) is 11.3 Å². The van der Waals surface area contributed by atoms with Crippen LogP contribution in [0.15, 0.2) is 42.5 Å². The maximum Gasteiger partial charge on any atom is 0.252 e. The summed E-state index contributed by atoms with van der Waals surface area (Å²) >= 11 is 0. The van der Waals surface area contributed by atoms with Crippen molar-refractivity contribution >= 4 is 11.6 Å². The highest BCUT2D eigenvalue weighted by Crippen LogP contribution is 2.19. The first kappa shape index (κ1) is 15.1. The van der Waals surface area contributed by atoms with Gasteiger partial charge in [-0.05, 0) is 36.6 Å².